The summed E-state index contributed by atoms with van der Waals surface area (Å²) in [4.78, 5) is 23.1. The molecule has 5 nitrogen and oxygen atoms in total. The Bertz CT molecular complexity index is 443. The van der Waals surface area contributed by atoms with Gasteiger partial charge in [0.2, 0.25) is 11.8 Å². The monoisotopic (exact) mass is 299 g/mol. The van der Waals surface area contributed by atoms with Crippen LogP contribution in [0, 0.1) is 13.8 Å². The zero-order chi connectivity index (χ0) is 14.3. The number of hydrogen-bond acceptors (Lipinski definition) is 3. The van der Waals surface area contributed by atoms with Crippen LogP contribution in [0.15, 0.2) is 18.2 Å². The molecule has 0 aliphatic heterocycles. The number of rotatable bonds is 6. The first-order chi connectivity index (χ1) is 9.04. The molecule has 0 aliphatic carbocycles. The summed E-state index contributed by atoms with van der Waals surface area (Å²) in [5.41, 5.74) is 8.12. The lowest BCUT2D eigenvalue weighted by Gasteiger charge is -2.11. The first kappa shape index (κ1) is 18.4. The molecular weight excluding hydrogens is 278 g/mol. The molecule has 0 atom stereocenters. The molecule has 0 saturated heterocycles. The average molecular weight is 300 g/mol. The summed E-state index contributed by atoms with van der Waals surface area (Å²) >= 11 is 0. The minimum absolute atomic E-state index is 0. The molecule has 0 heterocycles. The molecule has 0 fully saturated rings. The van der Waals surface area contributed by atoms with E-state index in [1.807, 2.05) is 32.0 Å². The number of hydrogen-bond donors (Lipinski definition) is 3. The molecule has 0 unspecified atom stereocenters. The third-order valence-electron chi connectivity index (χ3n) is 2.80. The fourth-order valence-electron chi connectivity index (χ4n) is 1.73. The zero-order valence-corrected chi connectivity index (χ0v) is 12.7. The molecule has 0 bridgehead atoms. The van der Waals surface area contributed by atoms with Gasteiger partial charge in [0, 0.05) is 12.1 Å². The molecule has 6 heteroatoms. The van der Waals surface area contributed by atoms with Crippen molar-refractivity contribution in [2.24, 2.45) is 5.73 Å². The number of para-hydroxylation sites is 1. The van der Waals surface area contributed by atoms with E-state index in [2.05, 4.69) is 10.6 Å². The topological polar surface area (TPSA) is 84.2 Å². The van der Waals surface area contributed by atoms with Gasteiger partial charge in [0.15, 0.2) is 0 Å². The second-order valence-corrected chi connectivity index (χ2v) is 4.48. The number of nitrogens with two attached hydrogens (primary N) is 1. The Hall–Kier alpha value is -1.59. The lowest BCUT2D eigenvalue weighted by atomic mass is 10.1. The Morgan fingerprint density at radius 2 is 1.75 bits per heavy atom. The van der Waals surface area contributed by atoms with Crippen molar-refractivity contribution in [1.29, 1.82) is 0 Å². The number of benzene rings is 1. The predicted octanol–water partition coefficient (Wildman–Crippen LogP) is 1.52. The van der Waals surface area contributed by atoms with Crippen LogP contribution in [0.1, 0.15) is 24.0 Å². The smallest absolute Gasteiger partial charge is 0.243 e. The number of nitrogens with one attached hydrogen (secondary N) is 2. The van der Waals surface area contributed by atoms with Gasteiger partial charge in [0.1, 0.15) is 0 Å². The zero-order valence-electron chi connectivity index (χ0n) is 11.9. The molecular formula is C14H22ClN3O2. The van der Waals surface area contributed by atoms with Crippen LogP contribution in [0.4, 0.5) is 5.69 Å². The van der Waals surface area contributed by atoms with Gasteiger partial charge in [0.05, 0.1) is 6.54 Å². The highest BCUT2D eigenvalue weighted by Gasteiger charge is 2.08. The van der Waals surface area contributed by atoms with Gasteiger partial charge < -0.3 is 16.4 Å². The third-order valence-corrected chi connectivity index (χ3v) is 2.80. The number of anilines is 1. The van der Waals surface area contributed by atoms with Crippen LogP contribution < -0.4 is 16.4 Å². The van der Waals surface area contributed by atoms with Crippen LogP contribution >= 0.6 is 12.4 Å². The molecule has 1 aromatic rings. The van der Waals surface area contributed by atoms with Crippen molar-refractivity contribution in [3.05, 3.63) is 29.3 Å². The fourth-order valence-corrected chi connectivity index (χ4v) is 1.73. The van der Waals surface area contributed by atoms with Crippen molar-refractivity contribution >= 4 is 29.9 Å². The Balaban J connectivity index is 0.00000361. The van der Waals surface area contributed by atoms with Gasteiger partial charge in [-0.3, -0.25) is 9.59 Å². The Kier molecular flexibility index (Phi) is 8.59. The van der Waals surface area contributed by atoms with Crippen molar-refractivity contribution < 1.29 is 9.59 Å². The van der Waals surface area contributed by atoms with Crippen LogP contribution in [0.25, 0.3) is 0 Å². The van der Waals surface area contributed by atoms with E-state index in [0.29, 0.717) is 19.4 Å². The molecule has 0 aliphatic rings. The molecule has 4 N–H and O–H groups in total. The van der Waals surface area contributed by atoms with Crippen molar-refractivity contribution in [2.45, 2.75) is 26.7 Å². The predicted molar refractivity (Wildman–Crippen MR) is 83.1 cm³/mol. The second-order valence-electron chi connectivity index (χ2n) is 4.48. The maximum atomic E-state index is 11.7. The standard InChI is InChI=1S/C14H21N3O2.ClH/c1-10-5-3-6-11(2)14(10)17-13(19)9-16-12(18)7-4-8-15;/h3,5-6H,4,7-9,15H2,1-2H3,(H,16,18)(H,17,19);1H. The summed E-state index contributed by atoms with van der Waals surface area (Å²) in [5, 5.41) is 5.38. The Morgan fingerprint density at radius 3 is 2.30 bits per heavy atom. The van der Waals surface area contributed by atoms with Crippen molar-refractivity contribution in [1.82, 2.24) is 5.32 Å². The third kappa shape index (κ3) is 6.04. The van der Waals surface area contributed by atoms with Crippen LogP contribution in [0.2, 0.25) is 0 Å². The van der Waals surface area contributed by atoms with E-state index in [-0.39, 0.29) is 30.8 Å². The van der Waals surface area contributed by atoms with E-state index >= 15 is 0 Å². The molecule has 1 aromatic carbocycles. The summed E-state index contributed by atoms with van der Waals surface area (Å²) < 4.78 is 0. The largest absolute Gasteiger partial charge is 0.347 e. The quantitative estimate of drug-likeness (QED) is 0.744. The van der Waals surface area contributed by atoms with E-state index in [1.54, 1.807) is 0 Å². The van der Waals surface area contributed by atoms with E-state index in [4.69, 9.17) is 5.73 Å². The van der Waals surface area contributed by atoms with Gasteiger partial charge in [-0.1, -0.05) is 18.2 Å². The van der Waals surface area contributed by atoms with Gasteiger partial charge >= 0.3 is 0 Å². The average Bonchev–Trinajstić information content (AvgIpc) is 2.38. The van der Waals surface area contributed by atoms with Gasteiger partial charge in [-0.25, -0.2) is 0 Å². The van der Waals surface area contributed by atoms with E-state index in [1.165, 1.54) is 0 Å². The molecule has 0 saturated carbocycles. The minimum Gasteiger partial charge on any atom is -0.347 e. The summed E-state index contributed by atoms with van der Waals surface area (Å²) in [6, 6.07) is 5.81. The van der Waals surface area contributed by atoms with E-state index < -0.39 is 0 Å². The second kappa shape index (κ2) is 9.34. The van der Waals surface area contributed by atoms with Crippen LogP contribution in [0.3, 0.4) is 0 Å². The molecule has 0 aromatic heterocycles. The van der Waals surface area contributed by atoms with E-state index in [0.717, 1.165) is 16.8 Å². The SMILES string of the molecule is Cc1cccc(C)c1NC(=O)CNC(=O)CCCN.Cl. The maximum Gasteiger partial charge on any atom is 0.243 e. The summed E-state index contributed by atoms with van der Waals surface area (Å²) in [5.74, 6) is -0.374. The summed E-state index contributed by atoms with van der Waals surface area (Å²) in [6.07, 6.45) is 0.984. The molecule has 0 spiro atoms. The molecule has 2 amide bonds. The van der Waals surface area contributed by atoms with Gasteiger partial charge in [0.25, 0.3) is 0 Å². The van der Waals surface area contributed by atoms with Crippen LogP contribution in [0.5, 0.6) is 0 Å². The lowest BCUT2D eigenvalue weighted by Crippen LogP contribution is -2.33. The molecule has 1 rings (SSSR count). The maximum absolute atomic E-state index is 11.7. The van der Waals surface area contributed by atoms with Gasteiger partial charge in [-0.15, -0.1) is 12.4 Å². The number of amides is 2. The van der Waals surface area contributed by atoms with Crippen molar-refractivity contribution in [2.75, 3.05) is 18.4 Å². The van der Waals surface area contributed by atoms with Gasteiger partial charge in [-0.2, -0.15) is 0 Å². The number of carbonyl (C=O) groups excluding carboxylic acids is 2. The number of halogens is 1. The number of aryl methyl sites for hydroxylation is 2. The highest BCUT2D eigenvalue weighted by atomic mass is 35.5. The molecule has 0 radical (unpaired) electrons. The Morgan fingerprint density at radius 1 is 1.15 bits per heavy atom. The molecule has 112 valence electrons. The number of carbonyl (C=O) groups is 2. The summed E-state index contributed by atoms with van der Waals surface area (Å²) in [7, 11) is 0. The first-order valence-corrected chi connectivity index (χ1v) is 6.37. The first-order valence-electron chi connectivity index (χ1n) is 6.37. The lowest BCUT2D eigenvalue weighted by molar-refractivity contribution is -0.124. The normalized spacial score (nSPS) is 9.55. The van der Waals surface area contributed by atoms with Crippen molar-refractivity contribution in [3.63, 3.8) is 0 Å². The van der Waals surface area contributed by atoms with E-state index in [9.17, 15) is 9.59 Å². The highest BCUT2D eigenvalue weighted by Crippen LogP contribution is 2.18. The minimum atomic E-state index is -0.224. The highest BCUT2D eigenvalue weighted by molar-refractivity contribution is 5.95. The molecule has 20 heavy (non-hydrogen) atoms. The fraction of sp³-hybridized carbons (Fsp3) is 0.429. The summed E-state index contributed by atoms with van der Waals surface area (Å²) in [6.45, 7) is 4.32. The van der Waals surface area contributed by atoms with Gasteiger partial charge in [-0.05, 0) is 37.9 Å². The van der Waals surface area contributed by atoms with Crippen LogP contribution in [-0.2, 0) is 9.59 Å². The Labute approximate surface area is 125 Å². The van der Waals surface area contributed by atoms with Crippen LogP contribution in [-0.4, -0.2) is 24.9 Å². The van der Waals surface area contributed by atoms with Crippen molar-refractivity contribution in [3.8, 4) is 0 Å².